The predicted octanol–water partition coefficient (Wildman–Crippen LogP) is 5.50. The van der Waals surface area contributed by atoms with E-state index in [0.717, 1.165) is 45.8 Å². The Balaban J connectivity index is -0.000000533. The molecule has 0 aromatic carbocycles. The monoisotopic (exact) mass is 357 g/mol. The van der Waals surface area contributed by atoms with E-state index in [2.05, 4.69) is 35.5 Å². The average molecular weight is 358 g/mol. The van der Waals surface area contributed by atoms with E-state index >= 15 is 0 Å². The molecule has 1 aliphatic rings. The smallest absolute Gasteiger partial charge is 0.0628 e. The van der Waals surface area contributed by atoms with Crippen LogP contribution in [0.3, 0.4) is 0 Å². The van der Waals surface area contributed by atoms with Crippen LogP contribution in [-0.4, -0.2) is 47.5 Å². The van der Waals surface area contributed by atoms with E-state index in [0.29, 0.717) is 0 Å². The van der Waals surface area contributed by atoms with Gasteiger partial charge in [-0.05, 0) is 25.8 Å². The van der Waals surface area contributed by atoms with Crippen molar-refractivity contribution in [2.75, 3.05) is 32.8 Å². The second-order valence-corrected chi connectivity index (χ2v) is 4.68. The molecule has 0 bridgehead atoms. The number of ether oxygens (including phenoxy) is 1. The van der Waals surface area contributed by atoms with Gasteiger partial charge >= 0.3 is 0 Å². The van der Waals surface area contributed by atoms with Crippen LogP contribution in [0.1, 0.15) is 79.3 Å². The van der Waals surface area contributed by atoms with Gasteiger partial charge in [0.2, 0.25) is 0 Å². The number of nitrogens with zero attached hydrogens (tertiary/aromatic N) is 3. The molecule has 4 nitrogen and oxygen atoms in total. The highest BCUT2D eigenvalue weighted by Gasteiger charge is 2.13. The lowest BCUT2D eigenvalue weighted by atomic mass is 10.1. The molecule has 2 rings (SSSR count). The molecular formula is C21H47N3O. The molecule has 0 radical (unpaired) electrons. The van der Waals surface area contributed by atoms with Gasteiger partial charge in [-0.2, -0.15) is 5.10 Å². The van der Waals surface area contributed by atoms with E-state index in [-0.39, 0.29) is 0 Å². The lowest BCUT2D eigenvalue weighted by Crippen LogP contribution is -2.38. The third kappa shape index (κ3) is 11.4. The van der Waals surface area contributed by atoms with E-state index in [1.165, 1.54) is 17.0 Å². The van der Waals surface area contributed by atoms with Gasteiger partial charge in [-0.3, -0.25) is 9.58 Å². The number of aromatic nitrogens is 2. The lowest BCUT2D eigenvalue weighted by molar-refractivity contribution is 0.0359. The average Bonchev–Trinajstić information content (AvgIpc) is 3.00. The molecule has 1 aromatic heterocycles. The molecule has 2 heterocycles. The summed E-state index contributed by atoms with van der Waals surface area (Å²) in [6, 6.07) is 0. The number of morpholine rings is 1. The molecule has 0 spiro atoms. The number of hydrogen-bond donors (Lipinski definition) is 0. The van der Waals surface area contributed by atoms with Crippen LogP contribution in [0.15, 0.2) is 0 Å². The van der Waals surface area contributed by atoms with Crippen LogP contribution in [0.25, 0.3) is 0 Å². The Kier molecular flexibility index (Phi) is 24.5. The molecule has 1 aliphatic heterocycles. The SMILES string of the molecule is CC.CC.CC.CC.CCc1c(C)nn(CCN2CCOCC2)c1C. The fourth-order valence-corrected chi connectivity index (χ4v) is 2.52. The number of hydrogen-bond acceptors (Lipinski definition) is 3. The highest BCUT2D eigenvalue weighted by Crippen LogP contribution is 2.13. The highest BCUT2D eigenvalue weighted by molar-refractivity contribution is 5.24. The lowest BCUT2D eigenvalue weighted by Gasteiger charge is -2.26. The third-order valence-corrected chi connectivity index (χ3v) is 3.62. The van der Waals surface area contributed by atoms with Crippen molar-refractivity contribution < 1.29 is 4.74 Å². The standard InChI is InChI=1S/C13H23N3O.4C2H6/c1-4-13-11(2)14-16(12(13)3)6-5-15-7-9-17-10-8-15;4*1-2/h4-10H2,1-3H3;4*1-2H3. The quantitative estimate of drug-likeness (QED) is 0.713. The maximum atomic E-state index is 5.35. The Labute approximate surface area is 158 Å². The molecule has 0 atom stereocenters. The summed E-state index contributed by atoms with van der Waals surface area (Å²) in [5.41, 5.74) is 3.93. The second kappa shape index (κ2) is 21.2. The van der Waals surface area contributed by atoms with Crippen LogP contribution in [-0.2, 0) is 17.7 Å². The van der Waals surface area contributed by atoms with Gasteiger partial charge in [0.1, 0.15) is 0 Å². The summed E-state index contributed by atoms with van der Waals surface area (Å²) in [5, 5.41) is 4.62. The molecule has 1 aromatic rings. The highest BCUT2D eigenvalue weighted by atomic mass is 16.5. The van der Waals surface area contributed by atoms with Crippen molar-refractivity contribution in [2.24, 2.45) is 0 Å². The second-order valence-electron chi connectivity index (χ2n) is 4.68. The number of aryl methyl sites for hydroxylation is 1. The topological polar surface area (TPSA) is 30.3 Å². The largest absolute Gasteiger partial charge is 0.379 e. The Morgan fingerprint density at radius 2 is 1.32 bits per heavy atom. The van der Waals surface area contributed by atoms with Crippen LogP contribution < -0.4 is 0 Å². The van der Waals surface area contributed by atoms with Crippen LogP contribution in [0.5, 0.6) is 0 Å². The molecule has 152 valence electrons. The van der Waals surface area contributed by atoms with Crippen molar-refractivity contribution in [2.45, 2.75) is 89.1 Å². The van der Waals surface area contributed by atoms with Crippen LogP contribution >= 0.6 is 0 Å². The van der Waals surface area contributed by atoms with Crippen molar-refractivity contribution in [3.8, 4) is 0 Å². The zero-order valence-electron chi connectivity index (χ0n) is 19.2. The summed E-state index contributed by atoms with van der Waals surface area (Å²) >= 11 is 0. The van der Waals surface area contributed by atoms with Gasteiger partial charge < -0.3 is 4.74 Å². The molecule has 0 aliphatic carbocycles. The fourth-order valence-electron chi connectivity index (χ4n) is 2.52. The summed E-state index contributed by atoms with van der Waals surface area (Å²) in [4.78, 5) is 2.45. The van der Waals surface area contributed by atoms with Crippen LogP contribution in [0.2, 0.25) is 0 Å². The Hall–Kier alpha value is -0.870. The van der Waals surface area contributed by atoms with E-state index in [9.17, 15) is 0 Å². The molecule has 0 saturated carbocycles. The van der Waals surface area contributed by atoms with Crippen LogP contribution in [0, 0.1) is 13.8 Å². The van der Waals surface area contributed by atoms with Crippen molar-refractivity contribution in [3.05, 3.63) is 17.0 Å². The molecule has 0 N–H and O–H groups in total. The van der Waals surface area contributed by atoms with Gasteiger partial charge in [0.05, 0.1) is 25.5 Å². The molecule has 25 heavy (non-hydrogen) atoms. The van der Waals surface area contributed by atoms with Gasteiger partial charge in [0, 0.05) is 25.3 Å². The minimum atomic E-state index is 0.872. The van der Waals surface area contributed by atoms with Gasteiger partial charge in [0.15, 0.2) is 0 Å². The van der Waals surface area contributed by atoms with Crippen LogP contribution in [0.4, 0.5) is 0 Å². The number of rotatable bonds is 4. The maximum Gasteiger partial charge on any atom is 0.0628 e. The van der Waals surface area contributed by atoms with Crippen molar-refractivity contribution in [3.63, 3.8) is 0 Å². The van der Waals surface area contributed by atoms with Gasteiger partial charge in [-0.25, -0.2) is 0 Å². The maximum absolute atomic E-state index is 5.35. The van der Waals surface area contributed by atoms with Gasteiger partial charge in [-0.15, -0.1) is 0 Å². The Bertz CT molecular complexity index is 369. The normalized spacial score (nSPS) is 12.9. The van der Waals surface area contributed by atoms with E-state index < -0.39 is 0 Å². The van der Waals surface area contributed by atoms with Gasteiger partial charge in [0.25, 0.3) is 0 Å². The van der Waals surface area contributed by atoms with E-state index in [4.69, 9.17) is 4.74 Å². The third-order valence-electron chi connectivity index (χ3n) is 3.62. The van der Waals surface area contributed by atoms with E-state index in [1.54, 1.807) is 0 Å². The zero-order chi connectivity index (χ0) is 20.3. The van der Waals surface area contributed by atoms with Crippen molar-refractivity contribution >= 4 is 0 Å². The summed E-state index contributed by atoms with van der Waals surface area (Å²) in [5.74, 6) is 0. The Morgan fingerprint density at radius 1 is 0.840 bits per heavy atom. The zero-order valence-corrected chi connectivity index (χ0v) is 19.2. The summed E-state index contributed by atoms with van der Waals surface area (Å²) < 4.78 is 7.51. The van der Waals surface area contributed by atoms with Crippen molar-refractivity contribution in [1.29, 1.82) is 0 Å². The minimum absolute atomic E-state index is 0.872. The summed E-state index contributed by atoms with van der Waals surface area (Å²) in [6.07, 6.45) is 1.08. The van der Waals surface area contributed by atoms with E-state index in [1.807, 2.05) is 55.4 Å². The molecule has 1 saturated heterocycles. The summed E-state index contributed by atoms with van der Waals surface area (Å²) in [6.45, 7) is 28.4. The first-order chi connectivity index (χ1) is 12.2. The van der Waals surface area contributed by atoms with Crippen molar-refractivity contribution in [1.82, 2.24) is 14.7 Å². The molecule has 4 heteroatoms. The minimum Gasteiger partial charge on any atom is -0.379 e. The predicted molar refractivity (Wildman–Crippen MR) is 114 cm³/mol. The molecular weight excluding hydrogens is 310 g/mol. The molecule has 0 unspecified atom stereocenters. The fraction of sp³-hybridized carbons (Fsp3) is 0.857. The summed E-state index contributed by atoms with van der Waals surface area (Å²) in [7, 11) is 0. The first-order valence-corrected chi connectivity index (χ1v) is 10.6. The Morgan fingerprint density at radius 3 is 1.72 bits per heavy atom. The molecule has 1 fully saturated rings. The van der Waals surface area contributed by atoms with Gasteiger partial charge in [-0.1, -0.05) is 62.3 Å². The first-order valence-electron chi connectivity index (χ1n) is 10.6. The first kappa shape index (κ1) is 28.9. The molecule has 0 amide bonds.